The lowest BCUT2D eigenvalue weighted by atomic mass is 10.2. The maximum atomic E-state index is 11.9. The summed E-state index contributed by atoms with van der Waals surface area (Å²) in [5, 5.41) is 3.43. The lowest BCUT2D eigenvalue weighted by Gasteiger charge is -2.10. The van der Waals surface area contributed by atoms with E-state index in [2.05, 4.69) is 15.3 Å². The van der Waals surface area contributed by atoms with Gasteiger partial charge in [0, 0.05) is 41.2 Å². The van der Waals surface area contributed by atoms with E-state index in [1.54, 1.807) is 18.2 Å². The van der Waals surface area contributed by atoms with Crippen LogP contribution in [0.3, 0.4) is 0 Å². The van der Waals surface area contributed by atoms with E-state index >= 15 is 0 Å². The summed E-state index contributed by atoms with van der Waals surface area (Å²) in [7, 11) is -0.803. The smallest absolute Gasteiger partial charge is 0.258 e. The Morgan fingerprint density at radius 1 is 1.41 bits per heavy atom. The van der Waals surface area contributed by atoms with Crippen LogP contribution in [-0.4, -0.2) is 37.6 Å². The van der Waals surface area contributed by atoms with Gasteiger partial charge in [0.1, 0.15) is 5.82 Å². The number of carbonyl (C=O) groups is 1. The van der Waals surface area contributed by atoms with E-state index in [0.29, 0.717) is 34.7 Å². The van der Waals surface area contributed by atoms with E-state index in [1.807, 2.05) is 6.07 Å². The van der Waals surface area contributed by atoms with Gasteiger partial charge in [-0.3, -0.25) is 13.8 Å². The molecular weight excluding hydrogens is 302 g/mol. The molecule has 1 saturated heterocycles. The highest BCUT2D eigenvalue weighted by atomic mass is 32.2. The zero-order valence-corrected chi connectivity index (χ0v) is 12.8. The van der Waals surface area contributed by atoms with E-state index in [0.717, 1.165) is 6.42 Å². The first-order valence-corrected chi connectivity index (χ1v) is 8.73. The maximum absolute atomic E-state index is 11.9. The van der Waals surface area contributed by atoms with Crippen molar-refractivity contribution in [3.8, 4) is 0 Å². The molecule has 0 radical (unpaired) electrons. The average molecular weight is 319 g/mol. The van der Waals surface area contributed by atoms with Crippen molar-refractivity contribution in [3.63, 3.8) is 0 Å². The van der Waals surface area contributed by atoms with Gasteiger partial charge in [-0.15, -0.1) is 0 Å². The number of amides is 1. The molecular formula is C15H17N3O3S. The van der Waals surface area contributed by atoms with Crippen LogP contribution < -0.4 is 10.9 Å². The minimum Gasteiger partial charge on any atom is -0.352 e. The maximum Gasteiger partial charge on any atom is 0.258 e. The molecule has 116 valence electrons. The fourth-order valence-electron chi connectivity index (χ4n) is 2.56. The number of carbonyl (C=O) groups excluding carboxylic acids is 1. The lowest BCUT2D eigenvalue weighted by Crippen LogP contribution is -2.35. The second-order valence-electron chi connectivity index (χ2n) is 5.39. The summed E-state index contributed by atoms with van der Waals surface area (Å²) in [6, 6.07) is 7.13. The molecule has 1 aliphatic rings. The third-order valence-electron chi connectivity index (χ3n) is 3.70. The third kappa shape index (κ3) is 3.41. The van der Waals surface area contributed by atoms with Crippen LogP contribution in [0.15, 0.2) is 29.1 Å². The molecule has 22 heavy (non-hydrogen) atoms. The van der Waals surface area contributed by atoms with Crippen molar-refractivity contribution in [2.45, 2.75) is 25.3 Å². The van der Waals surface area contributed by atoms with E-state index in [-0.39, 0.29) is 23.9 Å². The van der Waals surface area contributed by atoms with Crippen LogP contribution in [0.4, 0.5) is 0 Å². The number of benzene rings is 1. The summed E-state index contributed by atoms with van der Waals surface area (Å²) in [4.78, 5) is 30.9. The Balaban J connectivity index is 1.62. The number of fused-ring (bicyclic) bond motifs is 1. The molecule has 2 atom stereocenters. The first kappa shape index (κ1) is 14.9. The normalized spacial score (nSPS) is 21.1. The van der Waals surface area contributed by atoms with Crippen LogP contribution in [0.1, 0.15) is 18.7 Å². The number of hydrogen-bond donors (Lipinski definition) is 2. The Morgan fingerprint density at radius 3 is 3.00 bits per heavy atom. The first-order chi connectivity index (χ1) is 10.6. The summed E-state index contributed by atoms with van der Waals surface area (Å²) in [6.07, 6.45) is 1.40. The van der Waals surface area contributed by atoms with Gasteiger partial charge in [0.05, 0.1) is 10.9 Å². The summed E-state index contributed by atoms with van der Waals surface area (Å²) in [6.45, 7) is 0. The Hall–Kier alpha value is -2.02. The van der Waals surface area contributed by atoms with Crippen LogP contribution in [-0.2, 0) is 22.0 Å². The summed E-state index contributed by atoms with van der Waals surface area (Å²) in [5.41, 5.74) is 0.444. The lowest BCUT2D eigenvalue weighted by molar-refractivity contribution is -0.121. The molecule has 2 heterocycles. The molecule has 7 heteroatoms. The number of aromatic nitrogens is 2. The van der Waals surface area contributed by atoms with Crippen LogP contribution in [0, 0.1) is 0 Å². The number of rotatable bonds is 4. The van der Waals surface area contributed by atoms with Crippen molar-refractivity contribution in [2.24, 2.45) is 0 Å². The van der Waals surface area contributed by atoms with Crippen molar-refractivity contribution in [3.05, 3.63) is 40.4 Å². The topological polar surface area (TPSA) is 91.9 Å². The van der Waals surface area contributed by atoms with Gasteiger partial charge in [-0.2, -0.15) is 0 Å². The zero-order valence-electron chi connectivity index (χ0n) is 12.0. The molecule has 1 aromatic heterocycles. The SMILES string of the molecule is O=C(CCc1nc2ccccc2c(=O)[nH]1)NC1CCS(=O)C1. The van der Waals surface area contributed by atoms with Crippen LogP contribution in [0.25, 0.3) is 10.9 Å². The van der Waals surface area contributed by atoms with Crippen LogP contribution >= 0.6 is 0 Å². The van der Waals surface area contributed by atoms with E-state index < -0.39 is 10.8 Å². The van der Waals surface area contributed by atoms with Crippen LogP contribution in [0.2, 0.25) is 0 Å². The average Bonchev–Trinajstić information content (AvgIpc) is 2.90. The highest BCUT2D eigenvalue weighted by Gasteiger charge is 2.22. The molecule has 0 saturated carbocycles. The molecule has 0 spiro atoms. The molecule has 0 aliphatic carbocycles. The van der Waals surface area contributed by atoms with Gasteiger partial charge in [0.15, 0.2) is 0 Å². The number of aryl methyl sites for hydroxylation is 1. The third-order valence-corrected chi connectivity index (χ3v) is 5.16. The molecule has 6 nitrogen and oxygen atoms in total. The number of aromatic amines is 1. The Labute approximate surface area is 129 Å². The van der Waals surface area contributed by atoms with Crippen molar-refractivity contribution >= 4 is 27.6 Å². The summed E-state index contributed by atoms with van der Waals surface area (Å²) in [5.74, 6) is 1.61. The predicted molar refractivity (Wildman–Crippen MR) is 85.1 cm³/mol. The molecule has 3 rings (SSSR count). The minimum absolute atomic E-state index is 0.0111. The highest BCUT2D eigenvalue weighted by molar-refractivity contribution is 7.85. The number of nitrogens with one attached hydrogen (secondary N) is 2. The van der Waals surface area contributed by atoms with E-state index in [9.17, 15) is 13.8 Å². The molecule has 1 aliphatic heterocycles. The molecule has 2 aromatic rings. The number of para-hydroxylation sites is 1. The van der Waals surface area contributed by atoms with E-state index in [4.69, 9.17) is 0 Å². The molecule has 2 N–H and O–H groups in total. The summed E-state index contributed by atoms with van der Waals surface area (Å²) >= 11 is 0. The second kappa shape index (κ2) is 6.39. The van der Waals surface area contributed by atoms with Crippen molar-refractivity contribution in [1.82, 2.24) is 15.3 Å². The van der Waals surface area contributed by atoms with Gasteiger partial charge >= 0.3 is 0 Å². The molecule has 2 unspecified atom stereocenters. The molecule has 1 aromatic carbocycles. The monoisotopic (exact) mass is 319 g/mol. The van der Waals surface area contributed by atoms with Crippen molar-refractivity contribution in [1.29, 1.82) is 0 Å². The zero-order chi connectivity index (χ0) is 15.5. The molecule has 1 amide bonds. The fourth-order valence-corrected chi connectivity index (χ4v) is 3.98. The predicted octanol–water partition coefficient (Wildman–Crippen LogP) is 0.493. The largest absolute Gasteiger partial charge is 0.352 e. The van der Waals surface area contributed by atoms with Gasteiger partial charge in [-0.25, -0.2) is 4.98 Å². The van der Waals surface area contributed by atoms with Gasteiger partial charge < -0.3 is 10.3 Å². The van der Waals surface area contributed by atoms with Gasteiger partial charge in [-0.05, 0) is 18.6 Å². The standard InChI is InChI=1S/C15H17N3O3S/c19-14(16-10-7-8-22(21)9-10)6-5-13-17-12-4-2-1-3-11(12)15(20)18-13/h1-4,10H,5-9H2,(H,16,19)(H,17,18,20). The number of hydrogen-bond acceptors (Lipinski definition) is 4. The minimum atomic E-state index is -0.803. The number of nitrogens with zero attached hydrogens (tertiary/aromatic N) is 1. The summed E-state index contributed by atoms with van der Waals surface area (Å²) < 4.78 is 11.3. The van der Waals surface area contributed by atoms with Gasteiger partial charge in [0.25, 0.3) is 5.56 Å². The highest BCUT2D eigenvalue weighted by Crippen LogP contribution is 2.09. The second-order valence-corrected chi connectivity index (χ2v) is 7.01. The fraction of sp³-hybridized carbons (Fsp3) is 0.400. The van der Waals surface area contributed by atoms with Crippen molar-refractivity contribution in [2.75, 3.05) is 11.5 Å². The Kier molecular flexibility index (Phi) is 4.33. The van der Waals surface area contributed by atoms with Crippen LogP contribution in [0.5, 0.6) is 0 Å². The Bertz CT molecular complexity index is 787. The van der Waals surface area contributed by atoms with Crippen molar-refractivity contribution < 1.29 is 9.00 Å². The molecule has 1 fully saturated rings. The first-order valence-electron chi connectivity index (χ1n) is 7.24. The Morgan fingerprint density at radius 2 is 2.23 bits per heavy atom. The quantitative estimate of drug-likeness (QED) is 0.858. The van der Waals surface area contributed by atoms with Gasteiger partial charge in [0.2, 0.25) is 5.91 Å². The number of H-pyrrole nitrogens is 1. The van der Waals surface area contributed by atoms with Gasteiger partial charge in [-0.1, -0.05) is 12.1 Å². The van der Waals surface area contributed by atoms with E-state index in [1.165, 1.54) is 0 Å². The molecule has 0 bridgehead atoms.